The van der Waals surface area contributed by atoms with E-state index in [1.807, 2.05) is 0 Å². The van der Waals surface area contributed by atoms with E-state index in [0.717, 1.165) is 25.1 Å². The minimum Gasteiger partial charge on any atom is -0.506 e. The van der Waals surface area contributed by atoms with Gasteiger partial charge >= 0.3 is 10.4 Å². The maximum atomic E-state index is 12.6. The molecular formula is C21H21CuN3O15S4. The van der Waals surface area contributed by atoms with Gasteiger partial charge in [-0.15, -0.1) is 10.2 Å². The second-order valence-electron chi connectivity index (χ2n) is 8.65. The van der Waals surface area contributed by atoms with Crippen molar-refractivity contribution in [2.24, 2.45) is 10.2 Å². The molecule has 0 unspecified atom stereocenters. The molecule has 1 amide bonds. The third-order valence-corrected chi connectivity index (χ3v) is 9.44. The number of carbonyl (C=O) groups excluding carboxylic acids is 1. The molecule has 3 rings (SSSR count). The number of aromatic hydroxyl groups is 2. The minimum atomic E-state index is -5.23. The Balaban J connectivity index is 0.00000675. The Kier molecular flexibility index (Phi) is 10.9. The Morgan fingerprint density at radius 3 is 2.00 bits per heavy atom. The second kappa shape index (κ2) is 13.0. The van der Waals surface area contributed by atoms with E-state index in [2.05, 4.69) is 19.7 Å². The molecule has 245 valence electrons. The first-order chi connectivity index (χ1) is 19.5. The molecule has 44 heavy (non-hydrogen) atoms. The summed E-state index contributed by atoms with van der Waals surface area (Å²) in [5, 5.41) is 30.0. The first-order valence-electron chi connectivity index (χ1n) is 11.2. The van der Waals surface area contributed by atoms with Gasteiger partial charge in [-0.1, -0.05) is 0 Å². The molecule has 0 spiro atoms. The number of hydrogen-bond donors (Lipinski definition) is 6. The third-order valence-electron chi connectivity index (χ3n) is 5.46. The van der Waals surface area contributed by atoms with Crippen molar-refractivity contribution in [2.45, 2.75) is 28.5 Å². The van der Waals surface area contributed by atoms with Gasteiger partial charge < -0.3 is 15.5 Å². The number of aryl methyl sites for hydroxylation is 1. The van der Waals surface area contributed by atoms with Crippen LogP contribution in [-0.4, -0.2) is 75.8 Å². The van der Waals surface area contributed by atoms with Crippen LogP contribution in [0.25, 0.3) is 10.8 Å². The van der Waals surface area contributed by atoms with Crippen molar-refractivity contribution in [3.63, 3.8) is 0 Å². The molecular weight excluding hydrogens is 726 g/mol. The zero-order valence-electron chi connectivity index (χ0n) is 21.9. The van der Waals surface area contributed by atoms with Crippen molar-refractivity contribution in [3.8, 4) is 11.5 Å². The van der Waals surface area contributed by atoms with Gasteiger partial charge in [0.15, 0.2) is 15.6 Å². The molecule has 0 fully saturated rings. The molecule has 18 nitrogen and oxygen atoms in total. The first-order valence-corrected chi connectivity index (χ1v) is 17.1. The van der Waals surface area contributed by atoms with Gasteiger partial charge in [0.05, 0.1) is 27.8 Å². The predicted molar refractivity (Wildman–Crippen MR) is 146 cm³/mol. The monoisotopic (exact) mass is 746 g/mol. The van der Waals surface area contributed by atoms with E-state index in [4.69, 9.17) is 4.55 Å². The molecule has 0 bridgehead atoms. The van der Waals surface area contributed by atoms with Gasteiger partial charge in [-0.05, 0) is 42.1 Å². The number of azo groups is 1. The van der Waals surface area contributed by atoms with E-state index in [1.54, 1.807) is 0 Å². The smallest absolute Gasteiger partial charge is 0.397 e. The molecule has 0 aliphatic carbocycles. The van der Waals surface area contributed by atoms with Crippen LogP contribution in [-0.2, 0) is 66.5 Å². The summed E-state index contributed by atoms with van der Waals surface area (Å²) in [5.41, 5.74) is -1.91. The fourth-order valence-electron chi connectivity index (χ4n) is 3.73. The van der Waals surface area contributed by atoms with E-state index < -0.39 is 113 Å². The fourth-order valence-corrected chi connectivity index (χ4v) is 6.69. The van der Waals surface area contributed by atoms with Crippen LogP contribution < -0.4 is 5.32 Å². The van der Waals surface area contributed by atoms with Gasteiger partial charge in [-0.25, -0.2) is 12.6 Å². The summed E-state index contributed by atoms with van der Waals surface area (Å²) in [5.74, 6) is -3.58. The summed E-state index contributed by atoms with van der Waals surface area (Å²) in [6.07, 6.45) is 0. The average Bonchev–Trinajstić information content (AvgIpc) is 2.82. The fraction of sp³-hybridized carbons (Fsp3) is 0.190. The predicted octanol–water partition coefficient (Wildman–Crippen LogP) is 2.02. The van der Waals surface area contributed by atoms with E-state index in [-0.39, 0.29) is 22.6 Å². The SMILES string of the molecule is CC(=O)Nc1cc(S(=O)(=O)O)cc2cc(S(=O)(=O)O)c(N=Nc3cc(C)c(S(=O)(=O)CCOS(=O)(=O)O)cc3O)c(O)c12.[Cu]. The van der Waals surface area contributed by atoms with Crippen LogP contribution in [0.5, 0.6) is 11.5 Å². The zero-order chi connectivity index (χ0) is 32.7. The minimum absolute atomic E-state index is 0. The van der Waals surface area contributed by atoms with Gasteiger partial charge in [0.1, 0.15) is 22.0 Å². The Morgan fingerprint density at radius 2 is 1.48 bits per heavy atom. The van der Waals surface area contributed by atoms with Crippen LogP contribution >= 0.6 is 0 Å². The summed E-state index contributed by atoms with van der Waals surface area (Å²) >= 11 is 0. The molecule has 0 saturated carbocycles. The van der Waals surface area contributed by atoms with Gasteiger partial charge in [0.25, 0.3) is 20.2 Å². The van der Waals surface area contributed by atoms with Crippen molar-refractivity contribution in [1.82, 2.24) is 0 Å². The van der Waals surface area contributed by atoms with Gasteiger partial charge in [0, 0.05) is 35.4 Å². The molecule has 1 radical (unpaired) electrons. The Bertz CT molecular complexity index is 2130. The number of nitrogens with zero attached hydrogens (tertiary/aromatic N) is 2. The van der Waals surface area contributed by atoms with Crippen LogP contribution in [0.4, 0.5) is 17.1 Å². The number of benzene rings is 3. The number of phenols is 2. The standard InChI is InChI=1S/C21H21N3O15S4.Cu/c1-10-5-14(16(26)9-17(10)40(28,29)4-3-39-43(36,37)38)23-24-20-18(42(33,34)35)7-12-6-13(41(30,31)32)8-15(22-11(2)25)19(12)21(20)27;/h5-9,26-27H,3-4H2,1-2H3,(H,22,25)(H,30,31,32)(H,33,34,35)(H,36,37,38);. The Hall–Kier alpha value is -3.25. The maximum absolute atomic E-state index is 12.6. The quantitative estimate of drug-likeness (QED) is 0.0982. The molecule has 3 aromatic carbocycles. The molecule has 0 atom stereocenters. The van der Waals surface area contributed by atoms with Gasteiger partial charge in [0.2, 0.25) is 5.91 Å². The van der Waals surface area contributed by atoms with Crippen LogP contribution in [0, 0.1) is 6.92 Å². The summed E-state index contributed by atoms with van der Waals surface area (Å²) in [7, 11) is -19.3. The van der Waals surface area contributed by atoms with Crippen LogP contribution in [0.3, 0.4) is 0 Å². The van der Waals surface area contributed by atoms with Gasteiger partial charge in [-0.2, -0.15) is 25.3 Å². The van der Waals surface area contributed by atoms with Crippen LogP contribution in [0.1, 0.15) is 12.5 Å². The molecule has 0 aromatic heterocycles. The summed E-state index contributed by atoms with van der Waals surface area (Å²) in [6, 6.07) is 3.83. The van der Waals surface area contributed by atoms with Gasteiger partial charge in [-0.3, -0.25) is 18.5 Å². The molecule has 0 heterocycles. The largest absolute Gasteiger partial charge is 0.506 e. The maximum Gasteiger partial charge on any atom is 0.397 e. The zero-order valence-corrected chi connectivity index (χ0v) is 26.2. The average molecular weight is 747 g/mol. The summed E-state index contributed by atoms with van der Waals surface area (Å²) in [6.45, 7) is 1.32. The van der Waals surface area contributed by atoms with E-state index >= 15 is 0 Å². The third kappa shape index (κ3) is 8.68. The molecule has 23 heteroatoms. The number of sulfone groups is 1. The summed E-state index contributed by atoms with van der Waals surface area (Å²) < 4.78 is 126. The molecule has 0 saturated heterocycles. The van der Waals surface area contributed by atoms with E-state index in [1.165, 1.54) is 6.92 Å². The number of phenolic OH excluding ortho intramolecular Hbond substituents is 2. The number of carbonyl (C=O) groups is 1. The van der Waals surface area contributed by atoms with Crippen LogP contribution in [0.15, 0.2) is 55.2 Å². The van der Waals surface area contributed by atoms with Crippen molar-refractivity contribution < 1.29 is 83.6 Å². The summed E-state index contributed by atoms with van der Waals surface area (Å²) in [4.78, 5) is 9.31. The Labute approximate surface area is 260 Å². The van der Waals surface area contributed by atoms with Crippen molar-refractivity contribution in [1.29, 1.82) is 0 Å². The molecule has 6 N–H and O–H groups in total. The number of rotatable bonds is 10. The normalized spacial score (nSPS) is 12.8. The van der Waals surface area contributed by atoms with Crippen LogP contribution in [0.2, 0.25) is 0 Å². The molecule has 0 aliphatic rings. The topological polar surface area (TPSA) is 301 Å². The van der Waals surface area contributed by atoms with E-state index in [0.29, 0.717) is 12.1 Å². The second-order valence-corrected chi connectivity index (χ2v) is 14.6. The molecule has 3 aromatic rings. The number of fused-ring (bicyclic) bond motifs is 1. The number of anilines is 1. The number of nitrogens with one attached hydrogen (secondary N) is 1. The first kappa shape index (κ1) is 36.9. The van der Waals surface area contributed by atoms with Crippen molar-refractivity contribution in [2.75, 3.05) is 17.7 Å². The number of hydrogen-bond acceptors (Lipinski definition) is 14. The number of amides is 1. The van der Waals surface area contributed by atoms with Crippen molar-refractivity contribution in [3.05, 3.63) is 35.9 Å². The Morgan fingerprint density at radius 1 is 0.864 bits per heavy atom. The van der Waals surface area contributed by atoms with Crippen molar-refractivity contribution >= 4 is 74.2 Å². The van der Waals surface area contributed by atoms with E-state index in [9.17, 15) is 57.8 Å². The molecule has 0 aliphatic heterocycles.